The van der Waals surface area contributed by atoms with Gasteiger partial charge in [0.25, 0.3) is 0 Å². The number of anilines is 1. The van der Waals surface area contributed by atoms with E-state index in [1.807, 2.05) is 37.3 Å². The lowest BCUT2D eigenvalue weighted by molar-refractivity contribution is -0.145. The van der Waals surface area contributed by atoms with Crippen molar-refractivity contribution in [3.63, 3.8) is 0 Å². The van der Waals surface area contributed by atoms with Gasteiger partial charge in [-0.05, 0) is 31.0 Å². The van der Waals surface area contributed by atoms with Crippen molar-refractivity contribution in [2.75, 3.05) is 24.5 Å². The Morgan fingerprint density at radius 1 is 1.25 bits per heavy atom. The van der Waals surface area contributed by atoms with E-state index in [0.717, 1.165) is 11.3 Å². The Labute approximate surface area is 118 Å². The smallest absolute Gasteiger partial charge is 0.248 e. The number of rotatable bonds is 4. The molecule has 5 nitrogen and oxygen atoms in total. The van der Waals surface area contributed by atoms with E-state index in [4.69, 9.17) is 5.26 Å². The molecule has 0 spiro atoms. The highest BCUT2D eigenvalue weighted by Crippen LogP contribution is 2.19. The highest BCUT2D eigenvalue weighted by Gasteiger charge is 2.30. The lowest BCUT2D eigenvalue weighted by Gasteiger charge is -2.34. The molecule has 0 N–H and O–H groups in total. The first-order chi connectivity index (χ1) is 9.61. The van der Waals surface area contributed by atoms with Crippen LogP contribution in [0.1, 0.15) is 18.4 Å². The summed E-state index contributed by atoms with van der Waals surface area (Å²) in [5.41, 5.74) is 1.99. The molecule has 104 valence electrons. The van der Waals surface area contributed by atoms with Crippen LogP contribution in [-0.2, 0) is 9.59 Å². The largest absolute Gasteiger partial charge is 0.353 e. The van der Waals surface area contributed by atoms with Crippen molar-refractivity contribution in [2.45, 2.75) is 19.8 Å². The van der Waals surface area contributed by atoms with Crippen LogP contribution >= 0.6 is 0 Å². The maximum atomic E-state index is 12.0. The number of hydrogen-bond acceptors (Lipinski definition) is 4. The van der Waals surface area contributed by atoms with E-state index in [0.29, 0.717) is 19.4 Å². The van der Waals surface area contributed by atoms with Crippen LogP contribution in [-0.4, -0.2) is 36.3 Å². The van der Waals surface area contributed by atoms with Crippen molar-refractivity contribution < 1.29 is 9.59 Å². The molecule has 1 saturated heterocycles. The fraction of sp³-hybridized carbons (Fsp3) is 0.400. The molecule has 0 aromatic heterocycles. The topological polar surface area (TPSA) is 64.4 Å². The molecule has 1 fully saturated rings. The first-order valence-corrected chi connectivity index (χ1v) is 6.63. The number of carbonyl (C=O) groups excluding carboxylic acids is 2. The van der Waals surface area contributed by atoms with E-state index in [-0.39, 0.29) is 24.9 Å². The fourth-order valence-corrected chi connectivity index (χ4v) is 2.27. The monoisotopic (exact) mass is 271 g/mol. The Morgan fingerprint density at radius 3 is 2.55 bits per heavy atom. The summed E-state index contributed by atoms with van der Waals surface area (Å²) in [6.07, 6.45) is 0.900. The lowest BCUT2D eigenvalue weighted by Crippen LogP contribution is -2.54. The van der Waals surface area contributed by atoms with Gasteiger partial charge in [0.2, 0.25) is 11.8 Å². The quantitative estimate of drug-likeness (QED) is 0.614. The minimum absolute atomic E-state index is 0.194. The molecule has 2 rings (SSSR count). The van der Waals surface area contributed by atoms with Gasteiger partial charge in [-0.25, -0.2) is 0 Å². The Morgan fingerprint density at radius 2 is 1.95 bits per heavy atom. The van der Waals surface area contributed by atoms with Crippen LogP contribution in [0.4, 0.5) is 5.69 Å². The van der Waals surface area contributed by atoms with Gasteiger partial charge in [-0.1, -0.05) is 12.1 Å². The molecule has 1 aromatic carbocycles. The van der Waals surface area contributed by atoms with Crippen LogP contribution in [0.3, 0.4) is 0 Å². The molecule has 0 saturated carbocycles. The molecule has 5 heteroatoms. The number of nitriles is 1. The van der Waals surface area contributed by atoms with Gasteiger partial charge in [-0.15, -0.1) is 0 Å². The highest BCUT2D eigenvalue weighted by molar-refractivity contribution is 6.02. The third-order valence-electron chi connectivity index (χ3n) is 3.29. The maximum Gasteiger partial charge on any atom is 0.248 e. The van der Waals surface area contributed by atoms with Gasteiger partial charge >= 0.3 is 0 Å². The van der Waals surface area contributed by atoms with E-state index in [2.05, 4.69) is 0 Å². The van der Waals surface area contributed by atoms with Crippen LogP contribution in [0.15, 0.2) is 24.3 Å². The van der Waals surface area contributed by atoms with Crippen molar-refractivity contribution in [3.8, 4) is 6.07 Å². The molecule has 1 heterocycles. The normalized spacial score (nSPS) is 15.4. The van der Waals surface area contributed by atoms with Gasteiger partial charge in [0.1, 0.15) is 0 Å². The summed E-state index contributed by atoms with van der Waals surface area (Å²) in [5.74, 6) is -0.388. The van der Waals surface area contributed by atoms with E-state index in [1.165, 1.54) is 4.90 Å². The number of imide groups is 1. The van der Waals surface area contributed by atoms with Gasteiger partial charge in [-0.2, -0.15) is 5.26 Å². The Balaban J connectivity index is 2.04. The zero-order chi connectivity index (χ0) is 14.5. The molecule has 0 bridgehead atoms. The molecular weight excluding hydrogens is 254 g/mol. The van der Waals surface area contributed by atoms with Gasteiger partial charge in [0.05, 0.1) is 19.2 Å². The second kappa shape index (κ2) is 6.20. The van der Waals surface area contributed by atoms with Crippen LogP contribution in [0, 0.1) is 18.3 Å². The van der Waals surface area contributed by atoms with E-state index in [9.17, 15) is 9.59 Å². The summed E-state index contributed by atoms with van der Waals surface area (Å²) in [7, 11) is 0. The second-order valence-corrected chi connectivity index (χ2v) is 4.90. The maximum absolute atomic E-state index is 12.0. The molecule has 2 amide bonds. The number of carbonyl (C=O) groups is 2. The van der Waals surface area contributed by atoms with Crippen LogP contribution in [0.2, 0.25) is 0 Å². The van der Waals surface area contributed by atoms with Crippen molar-refractivity contribution in [3.05, 3.63) is 29.8 Å². The minimum Gasteiger partial charge on any atom is -0.353 e. The van der Waals surface area contributed by atoms with Crippen LogP contribution < -0.4 is 4.90 Å². The molecule has 0 unspecified atom stereocenters. The van der Waals surface area contributed by atoms with Crippen molar-refractivity contribution in [1.82, 2.24) is 4.90 Å². The summed E-state index contributed by atoms with van der Waals surface area (Å²) in [6, 6.07) is 9.78. The van der Waals surface area contributed by atoms with E-state index >= 15 is 0 Å². The van der Waals surface area contributed by atoms with Gasteiger partial charge in [0, 0.05) is 18.7 Å². The highest BCUT2D eigenvalue weighted by atomic mass is 16.2. The zero-order valence-corrected chi connectivity index (χ0v) is 11.5. The SMILES string of the molecule is Cc1cccc(N2CC(=O)N(CCCC#N)C(=O)C2)c1. The van der Waals surface area contributed by atoms with Gasteiger partial charge in [-0.3, -0.25) is 14.5 Å². The number of piperazine rings is 1. The predicted molar refractivity (Wildman–Crippen MR) is 75.0 cm³/mol. The van der Waals surface area contributed by atoms with Gasteiger partial charge < -0.3 is 4.90 Å². The number of aryl methyl sites for hydroxylation is 1. The molecule has 1 aliphatic rings. The van der Waals surface area contributed by atoms with Crippen molar-refractivity contribution in [2.24, 2.45) is 0 Å². The predicted octanol–water partition coefficient (Wildman–Crippen LogP) is 1.47. The lowest BCUT2D eigenvalue weighted by atomic mass is 10.1. The number of benzene rings is 1. The molecular formula is C15H17N3O2. The van der Waals surface area contributed by atoms with E-state index < -0.39 is 0 Å². The number of hydrogen-bond donors (Lipinski definition) is 0. The molecule has 0 aliphatic carbocycles. The summed E-state index contributed by atoms with van der Waals surface area (Å²) in [5, 5.41) is 8.50. The Bertz CT molecular complexity index is 544. The summed E-state index contributed by atoms with van der Waals surface area (Å²) in [4.78, 5) is 27.2. The summed E-state index contributed by atoms with van der Waals surface area (Å²) >= 11 is 0. The zero-order valence-electron chi connectivity index (χ0n) is 11.5. The summed E-state index contributed by atoms with van der Waals surface area (Å²) in [6.45, 7) is 2.74. The molecule has 0 atom stereocenters. The first-order valence-electron chi connectivity index (χ1n) is 6.63. The Hall–Kier alpha value is -2.35. The van der Waals surface area contributed by atoms with Crippen molar-refractivity contribution in [1.29, 1.82) is 5.26 Å². The number of nitrogens with zero attached hydrogens (tertiary/aromatic N) is 3. The molecule has 1 aliphatic heterocycles. The second-order valence-electron chi connectivity index (χ2n) is 4.90. The number of amides is 2. The summed E-state index contributed by atoms with van der Waals surface area (Å²) < 4.78 is 0. The third kappa shape index (κ3) is 3.15. The molecule has 0 radical (unpaired) electrons. The standard InChI is InChI=1S/C15H17N3O2/c1-12-5-4-6-13(9-12)17-10-14(19)18(15(20)11-17)8-3-2-7-16/h4-6,9H,2-3,8,10-11H2,1H3. The molecule has 1 aromatic rings. The first kappa shape index (κ1) is 14.1. The minimum atomic E-state index is -0.194. The fourth-order valence-electron chi connectivity index (χ4n) is 2.27. The third-order valence-corrected chi connectivity index (χ3v) is 3.29. The van der Waals surface area contributed by atoms with Crippen LogP contribution in [0.25, 0.3) is 0 Å². The van der Waals surface area contributed by atoms with Gasteiger partial charge in [0.15, 0.2) is 0 Å². The number of unbranched alkanes of at least 4 members (excludes halogenated alkanes) is 1. The van der Waals surface area contributed by atoms with Crippen molar-refractivity contribution >= 4 is 17.5 Å². The van der Waals surface area contributed by atoms with E-state index in [1.54, 1.807) is 4.90 Å². The molecule has 20 heavy (non-hydrogen) atoms. The van der Waals surface area contributed by atoms with Crippen LogP contribution in [0.5, 0.6) is 0 Å². The average molecular weight is 271 g/mol. The average Bonchev–Trinajstić information content (AvgIpc) is 2.41. The Kier molecular flexibility index (Phi) is 4.36.